The van der Waals surface area contributed by atoms with Crippen LogP contribution in [0.15, 0.2) is 68.7 Å². The highest BCUT2D eigenvalue weighted by Crippen LogP contribution is 2.26. The normalized spacial score (nSPS) is 15.4. The zero-order valence-corrected chi connectivity index (χ0v) is 20.0. The fourth-order valence-corrected chi connectivity index (χ4v) is 5.67. The van der Waals surface area contributed by atoms with Crippen molar-refractivity contribution in [1.29, 1.82) is 0 Å². The molecule has 0 atom stereocenters. The number of piperazine rings is 1. The average molecular weight is 501 g/mol. The van der Waals surface area contributed by atoms with E-state index in [2.05, 4.69) is 19.5 Å². The van der Waals surface area contributed by atoms with Crippen LogP contribution >= 0.6 is 11.6 Å². The van der Waals surface area contributed by atoms with E-state index in [-0.39, 0.29) is 4.90 Å². The molecule has 10 heteroatoms. The molecule has 1 aliphatic heterocycles. The van der Waals surface area contributed by atoms with Crippen LogP contribution in [0.2, 0.25) is 5.02 Å². The minimum Gasteiger partial charge on any atom is -0.406 e. The lowest BCUT2D eigenvalue weighted by atomic mass is 10.1. The number of nitrogens with one attached hydrogen (secondary N) is 2. The Bertz CT molecular complexity index is 1490. The van der Waals surface area contributed by atoms with Crippen molar-refractivity contribution < 1.29 is 12.8 Å². The summed E-state index contributed by atoms with van der Waals surface area (Å²) >= 11 is 6.04. The number of sulfonamides is 1. The number of fused-ring (bicyclic) bond motifs is 2. The second-order valence-corrected chi connectivity index (χ2v) is 10.6. The molecule has 1 aliphatic rings. The van der Waals surface area contributed by atoms with Crippen LogP contribution < -0.4 is 15.4 Å². The minimum atomic E-state index is -3.59. The summed E-state index contributed by atoms with van der Waals surface area (Å²) in [5.41, 5.74) is 2.21. The van der Waals surface area contributed by atoms with Gasteiger partial charge in [0.25, 0.3) is 0 Å². The first kappa shape index (κ1) is 22.9. The SMILES string of the molecule is O=c1[nH]c2cccc(N3CCN(CCCNS(=O)(=O)c4ccc5ccc(Cl)cc5c4)CC3)c2o1. The molecule has 1 saturated heterocycles. The molecule has 0 spiro atoms. The van der Waals surface area contributed by atoms with Crippen molar-refractivity contribution in [2.45, 2.75) is 11.3 Å². The zero-order chi connectivity index (χ0) is 23.7. The largest absolute Gasteiger partial charge is 0.417 e. The van der Waals surface area contributed by atoms with Crippen LogP contribution in [0.5, 0.6) is 0 Å². The highest BCUT2D eigenvalue weighted by molar-refractivity contribution is 7.89. The molecule has 2 N–H and O–H groups in total. The summed E-state index contributed by atoms with van der Waals surface area (Å²) in [4.78, 5) is 19.0. The summed E-state index contributed by atoms with van der Waals surface area (Å²) in [6, 6.07) is 16.2. The first-order chi connectivity index (χ1) is 16.4. The van der Waals surface area contributed by atoms with Gasteiger partial charge in [0.2, 0.25) is 10.0 Å². The standard InChI is InChI=1S/C24H25ClN4O4S/c25-19-7-5-17-6-8-20(16-18(17)15-19)34(31,32)26-9-2-10-28-11-13-29(14-12-28)22-4-1-3-21-23(22)33-24(30)27-21/h1,3-8,15-16,26H,2,9-14H2,(H,27,30). The molecule has 2 heterocycles. The average Bonchev–Trinajstić information content (AvgIpc) is 3.22. The van der Waals surface area contributed by atoms with Crippen molar-refractivity contribution in [3.63, 3.8) is 0 Å². The first-order valence-electron chi connectivity index (χ1n) is 11.2. The maximum absolute atomic E-state index is 12.7. The van der Waals surface area contributed by atoms with Crippen LogP contribution in [0.25, 0.3) is 21.9 Å². The van der Waals surface area contributed by atoms with Gasteiger partial charge in [-0.05, 0) is 60.1 Å². The third-order valence-corrected chi connectivity index (χ3v) is 7.86. The molecule has 34 heavy (non-hydrogen) atoms. The summed E-state index contributed by atoms with van der Waals surface area (Å²) < 4.78 is 33.5. The van der Waals surface area contributed by atoms with Gasteiger partial charge in [0.1, 0.15) is 0 Å². The molecule has 0 bridgehead atoms. The van der Waals surface area contributed by atoms with Crippen molar-refractivity contribution >= 4 is 49.2 Å². The molecule has 4 aromatic rings. The molecule has 178 valence electrons. The Labute approximate surface area is 202 Å². The number of hydrogen-bond donors (Lipinski definition) is 2. The van der Waals surface area contributed by atoms with E-state index < -0.39 is 15.8 Å². The van der Waals surface area contributed by atoms with Crippen LogP contribution in [-0.4, -0.2) is 57.6 Å². The fraction of sp³-hybridized carbons (Fsp3) is 0.292. The Morgan fingerprint density at radius 2 is 1.79 bits per heavy atom. The summed E-state index contributed by atoms with van der Waals surface area (Å²) in [7, 11) is -3.59. The van der Waals surface area contributed by atoms with E-state index in [9.17, 15) is 13.2 Å². The smallest absolute Gasteiger partial charge is 0.406 e. The minimum absolute atomic E-state index is 0.237. The molecule has 0 aliphatic carbocycles. The number of anilines is 1. The summed E-state index contributed by atoms with van der Waals surface area (Å²) in [6.45, 7) is 4.47. The second kappa shape index (κ2) is 9.42. The second-order valence-electron chi connectivity index (χ2n) is 8.40. The van der Waals surface area contributed by atoms with Crippen LogP contribution in [0.1, 0.15) is 6.42 Å². The molecule has 8 nitrogen and oxygen atoms in total. The van der Waals surface area contributed by atoms with E-state index >= 15 is 0 Å². The van der Waals surface area contributed by atoms with Crippen molar-refractivity contribution in [1.82, 2.24) is 14.6 Å². The number of halogens is 1. The molecule has 5 rings (SSSR count). The van der Waals surface area contributed by atoms with Crippen molar-refractivity contribution in [3.05, 3.63) is 70.2 Å². The topological polar surface area (TPSA) is 98.6 Å². The number of oxazole rings is 1. The number of hydrogen-bond acceptors (Lipinski definition) is 6. The predicted molar refractivity (Wildman–Crippen MR) is 134 cm³/mol. The number of benzene rings is 3. The number of aromatic nitrogens is 1. The van der Waals surface area contributed by atoms with E-state index in [4.69, 9.17) is 16.0 Å². The van der Waals surface area contributed by atoms with Gasteiger partial charge in [0.05, 0.1) is 16.1 Å². The van der Waals surface area contributed by atoms with Crippen LogP contribution in [0.3, 0.4) is 0 Å². The quantitative estimate of drug-likeness (QED) is 0.377. The van der Waals surface area contributed by atoms with Gasteiger partial charge < -0.3 is 9.32 Å². The molecule has 0 unspecified atom stereocenters. The number of aromatic amines is 1. The van der Waals surface area contributed by atoms with Crippen molar-refractivity contribution in [3.8, 4) is 0 Å². The Morgan fingerprint density at radius 3 is 2.62 bits per heavy atom. The number of rotatable bonds is 7. The van der Waals surface area contributed by atoms with E-state index in [0.29, 0.717) is 29.1 Å². The third-order valence-electron chi connectivity index (χ3n) is 6.17. The highest BCUT2D eigenvalue weighted by Gasteiger charge is 2.20. The lowest BCUT2D eigenvalue weighted by Crippen LogP contribution is -2.47. The van der Waals surface area contributed by atoms with Crippen LogP contribution in [0, 0.1) is 0 Å². The van der Waals surface area contributed by atoms with Gasteiger partial charge in [-0.1, -0.05) is 29.8 Å². The lowest BCUT2D eigenvalue weighted by Gasteiger charge is -2.36. The number of nitrogens with zero attached hydrogens (tertiary/aromatic N) is 2. The summed E-state index contributed by atoms with van der Waals surface area (Å²) in [5.74, 6) is -0.448. The summed E-state index contributed by atoms with van der Waals surface area (Å²) in [6.07, 6.45) is 0.709. The Kier molecular flexibility index (Phi) is 6.35. The van der Waals surface area contributed by atoms with Gasteiger partial charge in [0, 0.05) is 37.7 Å². The molecule has 0 radical (unpaired) electrons. The fourth-order valence-electron chi connectivity index (χ4n) is 4.38. The van der Waals surface area contributed by atoms with E-state index in [1.54, 1.807) is 30.3 Å². The number of H-pyrrole nitrogens is 1. The Hall–Kier alpha value is -2.85. The monoisotopic (exact) mass is 500 g/mol. The summed E-state index contributed by atoms with van der Waals surface area (Å²) in [5, 5.41) is 2.31. The Balaban J connectivity index is 1.12. The van der Waals surface area contributed by atoms with Gasteiger partial charge >= 0.3 is 5.76 Å². The first-order valence-corrected chi connectivity index (χ1v) is 13.0. The van der Waals surface area contributed by atoms with E-state index in [0.717, 1.165) is 49.2 Å². The molecule has 3 aromatic carbocycles. The molecule has 1 fully saturated rings. The highest BCUT2D eigenvalue weighted by atomic mass is 35.5. The van der Waals surface area contributed by atoms with Crippen LogP contribution in [-0.2, 0) is 10.0 Å². The molecular formula is C24H25ClN4O4S. The van der Waals surface area contributed by atoms with Crippen LogP contribution in [0.4, 0.5) is 5.69 Å². The van der Waals surface area contributed by atoms with Gasteiger partial charge in [-0.2, -0.15) is 0 Å². The lowest BCUT2D eigenvalue weighted by molar-refractivity contribution is 0.255. The Morgan fingerprint density at radius 1 is 1.00 bits per heavy atom. The van der Waals surface area contributed by atoms with Gasteiger partial charge in [-0.25, -0.2) is 17.9 Å². The molecule has 0 saturated carbocycles. The van der Waals surface area contributed by atoms with E-state index in [1.165, 1.54) is 0 Å². The van der Waals surface area contributed by atoms with Gasteiger partial charge in [-0.3, -0.25) is 9.88 Å². The molecule has 1 aromatic heterocycles. The van der Waals surface area contributed by atoms with E-state index in [1.807, 2.05) is 24.3 Å². The van der Waals surface area contributed by atoms with Crippen molar-refractivity contribution in [2.75, 3.05) is 44.2 Å². The predicted octanol–water partition coefficient (Wildman–Crippen LogP) is 3.42. The van der Waals surface area contributed by atoms with Gasteiger partial charge in [-0.15, -0.1) is 0 Å². The van der Waals surface area contributed by atoms with Gasteiger partial charge in [0.15, 0.2) is 5.58 Å². The molecular weight excluding hydrogens is 476 g/mol. The molecule has 0 amide bonds. The third kappa shape index (κ3) is 4.83. The maximum atomic E-state index is 12.7. The van der Waals surface area contributed by atoms with Crippen molar-refractivity contribution in [2.24, 2.45) is 0 Å². The maximum Gasteiger partial charge on any atom is 0.417 e. The zero-order valence-electron chi connectivity index (χ0n) is 18.5. The number of para-hydroxylation sites is 1.